The molecule has 1 aliphatic rings. The molecule has 1 heterocycles. The van der Waals surface area contributed by atoms with E-state index in [4.69, 9.17) is 4.98 Å². The number of nitrogens with zero attached hydrogens (tertiary/aromatic N) is 1. The molecule has 5 aromatic rings. The summed E-state index contributed by atoms with van der Waals surface area (Å²) in [5, 5.41) is 6.38. The van der Waals surface area contributed by atoms with Crippen molar-refractivity contribution in [3.05, 3.63) is 150 Å². The van der Waals surface area contributed by atoms with Crippen LogP contribution in [-0.2, 0) is 0 Å². The highest BCUT2D eigenvalue weighted by molar-refractivity contribution is 5.95. The maximum absolute atomic E-state index is 5.31. The van der Waals surface area contributed by atoms with Crippen LogP contribution in [0.3, 0.4) is 0 Å². The van der Waals surface area contributed by atoms with Gasteiger partial charge in [0.25, 0.3) is 0 Å². The van der Waals surface area contributed by atoms with Gasteiger partial charge in [-0.15, -0.1) is 0 Å². The summed E-state index contributed by atoms with van der Waals surface area (Å²) >= 11 is 0. The first kappa shape index (κ1) is 24.9. The lowest BCUT2D eigenvalue weighted by atomic mass is 9.90. The van der Waals surface area contributed by atoms with Crippen LogP contribution in [0, 0.1) is 5.92 Å². The third kappa shape index (κ3) is 5.28. The van der Waals surface area contributed by atoms with Crippen molar-refractivity contribution in [2.45, 2.75) is 32.7 Å². The largest absolute Gasteiger partial charge is 0.376 e. The standard InChI is InChI=1S/C37H34N2/c1-26(2)27-22-24-30(25-23-27)38-37(34-18-9-8-17-32(34)28-12-4-3-5-13-28)36-21-11-20-35(39-36)33-19-10-15-29-14-6-7-16-31(29)33/h3-22,24,26,37-38H,23,25H2,1-2H3. The molecule has 0 saturated carbocycles. The Kier molecular flexibility index (Phi) is 7.10. The summed E-state index contributed by atoms with van der Waals surface area (Å²) in [7, 11) is 0. The third-order valence-electron chi connectivity index (χ3n) is 7.74. The molecule has 0 amide bonds. The molecule has 1 unspecified atom stereocenters. The van der Waals surface area contributed by atoms with E-state index in [9.17, 15) is 0 Å². The van der Waals surface area contributed by atoms with Crippen LogP contribution in [0.5, 0.6) is 0 Å². The summed E-state index contributed by atoms with van der Waals surface area (Å²) in [5.41, 5.74) is 9.60. The van der Waals surface area contributed by atoms with Gasteiger partial charge in [-0.25, -0.2) is 0 Å². The fraction of sp³-hybridized carbons (Fsp3) is 0.162. The van der Waals surface area contributed by atoms with E-state index in [1.807, 2.05) is 0 Å². The van der Waals surface area contributed by atoms with Crippen molar-refractivity contribution >= 4 is 10.8 Å². The van der Waals surface area contributed by atoms with E-state index >= 15 is 0 Å². The molecule has 2 heteroatoms. The topological polar surface area (TPSA) is 24.9 Å². The highest BCUT2D eigenvalue weighted by atomic mass is 15.0. The average molecular weight is 507 g/mol. The Morgan fingerprint density at radius 3 is 2.18 bits per heavy atom. The summed E-state index contributed by atoms with van der Waals surface area (Å²) < 4.78 is 0. The summed E-state index contributed by atoms with van der Waals surface area (Å²) in [6, 6.07) is 40.7. The molecule has 1 atom stereocenters. The van der Waals surface area contributed by atoms with Gasteiger partial charge >= 0.3 is 0 Å². The number of benzene rings is 4. The lowest BCUT2D eigenvalue weighted by Gasteiger charge is -2.27. The zero-order chi connectivity index (χ0) is 26.6. The summed E-state index contributed by atoms with van der Waals surface area (Å²) in [6.45, 7) is 4.55. The highest BCUT2D eigenvalue weighted by Crippen LogP contribution is 2.35. The van der Waals surface area contributed by atoms with Crippen molar-refractivity contribution in [3.8, 4) is 22.4 Å². The molecule has 0 aliphatic heterocycles. The summed E-state index contributed by atoms with van der Waals surface area (Å²) in [4.78, 5) is 5.31. The molecule has 1 N–H and O–H groups in total. The van der Waals surface area contributed by atoms with Crippen molar-refractivity contribution < 1.29 is 0 Å². The molecule has 192 valence electrons. The second-order valence-electron chi connectivity index (χ2n) is 10.6. The molecule has 2 nitrogen and oxygen atoms in total. The molecular weight excluding hydrogens is 472 g/mol. The molecule has 0 spiro atoms. The van der Waals surface area contributed by atoms with Gasteiger partial charge in [-0.3, -0.25) is 4.98 Å². The monoisotopic (exact) mass is 506 g/mol. The van der Waals surface area contributed by atoms with Crippen molar-refractivity contribution in [2.24, 2.45) is 5.92 Å². The zero-order valence-electron chi connectivity index (χ0n) is 22.6. The number of nitrogens with one attached hydrogen (secondary N) is 1. The van der Waals surface area contributed by atoms with Crippen LogP contribution in [0.15, 0.2) is 139 Å². The van der Waals surface area contributed by atoms with E-state index < -0.39 is 0 Å². The molecule has 6 rings (SSSR count). The van der Waals surface area contributed by atoms with Gasteiger partial charge in [-0.05, 0) is 64.4 Å². The van der Waals surface area contributed by atoms with Gasteiger partial charge < -0.3 is 5.32 Å². The minimum absolute atomic E-state index is 0.0865. The fourth-order valence-corrected chi connectivity index (χ4v) is 5.59. The lowest BCUT2D eigenvalue weighted by Crippen LogP contribution is -2.24. The van der Waals surface area contributed by atoms with E-state index in [0.29, 0.717) is 5.92 Å². The molecule has 0 bridgehead atoms. The molecule has 0 radical (unpaired) electrons. The fourth-order valence-electron chi connectivity index (χ4n) is 5.59. The van der Waals surface area contributed by atoms with Gasteiger partial charge in [0.1, 0.15) is 0 Å². The first-order chi connectivity index (χ1) is 19.2. The molecular formula is C37H34N2. The molecule has 39 heavy (non-hydrogen) atoms. The number of rotatable bonds is 7. The van der Waals surface area contributed by atoms with Gasteiger partial charge in [0.15, 0.2) is 0 Å². The summed E-state index contributed by atoms with van der Waals surface area (Å²) in [5.74, 6) is 0.580. The quantitative estimate of drug-likeness (QED) is 0.238. The van der Waals surface area contributed by atoms with Crippen molar-refractivity contribution in [1.82, 2.24) is 10.3 Å². The second-order valence-corrected chi connectivity index (χ2v) is 10.6. The van der Waals surface area contributed by atoms with Crippen molar-refractivity contribution in [3.63, 3.8) is 0 Å². The van der Waals surface area contributed by atoms with Crippen LogP contribution in [0.4, 0.5) is 0 Å². The number of hydrogen-bond donors (Lipinski definition) is 1. The van der Waals surface area contributed by atoms with Gasteiger partial charge in [0.05, 0.1) is 17.4 Å². The Balaban J connectivity index is 1.47. The Morgan fingerprint density at radius 2 is 1.36 bits per heavy atom. The molecule has 4 aromatic carbocycles. The lowest BCUT2D eigenvalue weighted by molar-refractivity contribution is 0.620. The Hall–Kier alpha value is -4.43. The van der Waals surface area contributed by atoms with E-state index in [-0.39, 0.29) is 6.04 Å². The minimum Gasteiger partial charge on any atom is -0.376 e. The first-order valence-corrected chi connectivity index (χ1v) is 13.9. The number of fused-ring (bicyclic) bond motifs is 1. The van der Waals surface area contributed by atoms with Gasteiger partial charge in [-0.1, -0.05) is 129 Å². The van der Waals surface area contributed by atoms with Gasteiger partial charge in [0.2, 0.25) is 0 Å². The predicted molar refractivity (Wildman–Crippen MR) is 164 cm³/mol. The minimum atomic E-state index is -0.0865. The van der Waals surface area contributed by atoms with Crippen LogP contribution >= 0.6 is 0 Å². The maximum Gasteiger partial charge on any atom is 0.0944 e. The van der Waals surface area contributed by atoms with Crippen LogP contribution in [0.2, 0.25) is 0 Å². The summed E-state index contributed by atoms with van der Waals surface area (Å²) in [6.07, 6.45) is 6.67. The van der Waals surface area contributed by atoms with E-state index in [0.717, 1.165) is 29.8 Å². The number of allylic oxidation sites excluding steroid dienone is 4. The first-order valence-electron chi connectivity index (χ1n) is 13.9. The smallest absolute Gasteiger partial charge is 0.0944 e. The van der Waals surface area contributed by atoms with Crippen LogP contribution in [0.1, 0.15) is 44.0 Å². The molecule has 0 fully saturated rings. The molecule has 1 aromatic heterocycles. The SMILES string of the molecule is CC(C)C1=CC=C(NC(c2cccc(-c3cccc4ccccc34)n2)c2ccccc2-c2ccccc2)CC1. The average Bonchev–Trinajstić information content (AvgIpc) is 3.00. The number of pyridine rings is 1. The van der Waals surface area contributed by atoms with Crippen molar-refractivity contribution in [2.75, 3.05) is 0 Å². The van der Waals surface area contributed by atoms with Crippen molar-refractivity contribution in [1.29, 1.82) is 0 Å². The Morgan fingerprint density at radius 1 is 0.641 bits per heavy atom. The zero-order valence-corrected chi connectivity index (χ0v) is 22.6. The van der Waals surface area contributed by atoms with E-state index in [1.54, 1.807) is 0 Å². The Labute approximate surface area is 231 Å². The predicted octanol–water partition coefficient (Wildman–Crippen LogP) is 9.51. The maximum atomic E-state index is 5.31. The van der Waals surface area contributed by atoms with Crippen LogP contribution in [0.25, 0.3) is 33.2 Å². The van der Waals surface area contributed by atoms with E-state index in [1.165, 1.54) is 38.7 Å². The van der Waals surface area contributed by atoms with Crippen LogP contribution in [-0.4, -0.2) is 4.98 Å². The molecule has 1 aliphatic carbocycles. The molecule has 0 saturated heterocycles. The normalized spacial score (nSPS) is 14.1. The van der Waals surface area contributed by atoms with E-state index in [2.05, 4.69) is 147 Å². The Bertz CT molecular complexity index is 1650. The van der Waals surface area contributed by atoms with Gasteiger partial charge in [0, 0.05) is 11.3 Å². The van der Waals surface area contributed by atoms with Crippen LogP contribution < -0.4 is 5.32 Å². The van der Waals surface area contributed by atoms with Gasteiger partial charge in [-0.2, -0.15) is 0 Å². The third-order valence-corrected chi connectivity index (χ3v) is 7.74. The number of aromatic nitrogens is 1. The highest BCUT2D eigenvalue weighted by Gasteiger charge is 2.22. The second kappa shape index (κ2) is 11.1. The number of hydrogen-bond acceptors (Lipinski definition) is 2.